The van der Waals surface area contributed by atoms with Crippen molar-refractivity contribution in [3.63, 3.8) is 0 Å². The Morgan fingerprint density at radius 2 is 1.74 bits per heavy atom. The fourth-order valence-corrected chi connectivity index (χ4v) is 4.35. The largest absolute Gasteiger partial charge is 0.491 e. The molecule has 0 aliphatic rings. The number of imidazole rings is 1. The van der Waals surface area contributed by atoms with E-state index in [0.717, 1.165) is 71.5 Å². The van der Waals surface area contributed by atoms with Gasteiger partial charge in [0.15, 0.2) is 0 Å². The fraction of sp³-hybridized carbons (Fsp3) is 0.333. The number of nitrogens with zero attached hydrogens (tertiary/aromatic N) is 2. The van der Waals surface area contributed by atoms with Crippen LogP contribution in [-0.4, -0.2) is 28.6 Å². The van der Waals surface area contributed by atoms with Crippen molar-refractivity contribution in [1.82, 2.24) is 14.9 Å². The van der Waals surface area contributed by atoms with E-state index in [9.17, 15) is 4.79 Å². The minimum absolute atomic E-state index is 0.000612. The molecule has 0 atom stereocenters. The van der Waals surface area contributed by atoms with Crippen LogP contribution in [0.25, 0.3) is 11.0 Å². The minimum atomic E-state index is -0.000612. The van der Waals surface area contributed by atoms with Gasteiger partial charge in [0.1, 0.15) is 18.2 Å². The highest BCUT2D eigenvalue weighted by Crippen LogP contribution is 2.21. The summed E-state index contributed by atoms with van der Waals surface area (Å²) in [6.45, 7) is 8.21. The average Bonchev–Trinajstić information content (AvgIpc) is 3.20. The van der Waals surface area contributed by atoms with Gasteiger partial charge in [-0.3, -0.25) is 4.79 Å². The Labute approximate surface area is 208 Å². The number of aryl methyl sites for hydroxylation is 4. The summed E-state index contributed by atoms with van der Waals surface area (Å²) in [4.78, 5) is 17.2. The minimum Gasteiger partial charge on any atom is -0.491 e. The lowest BCUT2D eigenvalue weighted by Crippen LogP contribution is -2.24. The van der Waals surface area contributed by atoms with Crippen LogP contribution in [0.4, 0.5) is 0 Å². The summed E-state index contributed by atoms with van der Waals surface area (Å²) in [5.41, 5.74) is 6.36. The highest BCUT2D eigenvalue weighted by molar-refractivity contribution is 5.94. The lowest BCUT2D eigenvalue weighted by molar-refractivity contribution is 0.0953. The molecule has 0 spiro atoms. The zero-order chi connectivity index (χ0) is 24.6. The van der Waals surface area contributed by atoms with Gasteiger partial charge in [0.25, 0.3) is 5.91 Å². The standard InChI is InChI=1S/C30H35N3O2/c1-22-10-9-11-25(20-22)30(34)31-17-8-4-5-14-29-32-26-12-6-7-13-27(26)33(29)18-19-35-28-21-23(2)15-16-24(28)3/h6-7,9-13,15-16,20-21H,4-5,8,14,17-19H2,1-3H3,(H,31,34). The zero-order valence-corrected chi connectivity index (χ0v) is 21.0. The second-order valence-electron chi connectivity index (χ2n) is 9.22. The molecule has 0 aliphatic carbocycles. The molecule has 0 aliphatic heterocycles. The van der Waals surface area contributed by atoms with Gasteiger partial charge in [-0.05, 0) is 75.1 Å². The summed E-state index contributed by atoms with van der Waals surface area (Å²) < 4.78 is 8.42. The molecule has 0 fully saturated rings. The van der Waals surface area contributed by atoms with Crippen LogP contribution < -0.4 is 10.1 Å². The van der Waals surface area contributed by atoms with Gasteiger partial charge in [-0.25, -0.2) is 4.98 Å². The number of carbonyl (C=O) groups is 1. The van der Waals surface area contributed by atoms with Crippen LogP contribution in [0.3, 0.4) is 0 Å². The number of ether oxygens (including phenoxy) is 1. The van der Waals surface area contributed by atoms with Crippen molar-refractivity contribution in [2.75, 3.05) is 13.2 Å². The molecular weight excluding hydrogens is 434 g/mol. The third-order valence-electron chi connectivity index (χ3n) is 6.29. The first-order valence-corrected chi connectivity index (χ1v) is 12.5. The maximum atomic E-state index is 12.3. The smallest absolute Gasteiger partial charge is 0.251 e. The molecular formula is C30H35N3O2. The van der Waals surface area contributed by atoms with Crippen molar-refractivity contribution >= 4 is 16.9 Å². The molecule has 0 unspecified atom stereocenters. The topological polar surface area (TPSA) is 56.2 Å². The van der Waals surface area contributed by atoms with Crippen molar-refractivity contribution in [1.29, 1.82) is 0 Å². The first kappa shape index (κ1) is 24.5. The molecule has 5 heteroatoms. The highest BCUT2D eigenvalue weighted by atomic mass is 16.5. The van der Waals surface area contributed by atoms with E-state index in [1.165, 1.54) is 5.56 Å². The number of aromatic nitrogens is 2. The van der Waals surface area contributed by atoms with Crippen molar-refractivity contribution < 1.29 is 9.53 Å². The summed E-state index contributed by atoms with van der Waals surface area (Å²) >= 11 is 0. The predicted octanol–water partition coefficient (Wildman–Crippen LogP) is 6.18. The Hall–Kier alpha value is -3.60. The van der Waals surface area contributed by atoms with Gasteiger partial charge in [-0.1, -0.05) is 48.4 Å². The molecule has 4 aromatic rings. The number of benzene rings is 3. The average molecular weight is 470 g/mol. The molecule has 3 aromatic carbocycles. The number of carbonyl (C=O) groups excluding carboxylic acids is 1. The van der Waals surface area contributed by atoms with Gasteiger partial charge in [0, 0.05) is 18.5 Å². The predicted molar refractivity (Wildman–Crippen MR) is 142 cm³/mol. The van der Waals surface area contributed by atoms with Gasteiger partial charge in [-0.2, -0.15) is 0 Å². The Morgan fingerprint density at radius 3 is 2.60 bits per heavy atom. The monoisotopic (exact) mass is 469 g/mol. The van der Waals surface area contributed by atoms with Crippen LogP contribution >= 0.6 is 0 Å². The molecule has 0 saturated carbocycles. The van der Waals surface area contributed by atoms with Gasteiger partial charge in [0.2, 0.25) is 0 Å². The van der Waals surface area contributed by atoms with E-state index >= 15 is 0 Å². The number of nitrogens with one attached hydrogen (secondary N) is 1. The SMILES string of the molecule is Cc1cccc(C(=O)NCCCCCc2nc3ccccc3n2CCOc2cc(C)ccc2C)c1. The molecule has 1 heterocycles. The molecule has 0 saturated heterocycles. The number of hydrogen-bond donors (Lipinski definition) is 1. The van der Waals surface area contributed by atoms with E-state index in [1.54, 1.807) is 0 Å². The van der Waals surface area contributed by atoms with E-state index in [-0.39, 0.29) is 5.91 Å². The van der Waals surface area contributed by atoms with E-state index in [4.69, 9.17) is 9.72 Å². The van der Waals surface area contributed by atoms with E-state index in [2.05, 4.69) is 60.1 Å². The van der Waals surface area contributed by atoms with Crippen LogP contribution in [0.1, 0.15) is 52.1 Å². The van der Waals surface area contributed by atoms with Gasteiger partial charge in [0.05, 0.1) is 17.6 Å². The van der Waals surface area contributed by atoms with Crippen LogP contribution in [0.5, 0.6) is 5.75 Å². The number of rotatable bonds is 11. The summed E-state index contributed by atoms with van der Waals surface area (Å²) in [5.74, 6) is 2.04. The Morgan fingerprint density at radius 1 is 0.914 bits per heavy atom. The molecule has 5 nitrogen and oxygen atoms in total. The van der Waals surface area contributed by atoms with Crippen molar-refractivity contribution in [3.8, 4) is 5.75 Å². The van der Waals surface area contributed by atoms with Gasteiger partial charge >= 0.3 is 0 Å². The Kier molecular flexibility index (Phi) is 8.19. The fourth-order valence-electron chi connectivity index (χ4n) is 4.35. The van der Waals surface area contributed by atoms with Crippen LogP contribution in [0, 0.1) is 20.8 Å². The van der Waals surface area contributed by atoms with Crippen LogP contribution in [0.15, 0.2) is 66.7 Å². The normalized spacial score (nSPS) is 11.1. The quantitative estimate of drug-likeness (QED) is 0.267. The van der Waals surface area contributed by atoms with Crippen molar-refractivity contribution in [3.05, 3.63) is 94.8 Å². The maximum absolute atomic E-state index is 12.3. The summed E-state index contributed by atoms with van der Waals surface area (Å²) in [7, 11) is 0. The third kappa shape index (κ3) is 6.50. The van der Waals surface area contributed by atoms with Crippen molar-refractivity contribution in [2.24, 2.45) is 0 Å². The van der Waals surface area contributed by atoms with Crippen molar-refractivity contribution in [2.45, 2.75) is 53.0 Å². The lowest BCUT2D eigenvalue weighted by atomic mass is 10.1. The maximum Gasteiger partial charge on any atom is 0.251 e. The molecule has 4 rings (SSSR count). The number of fused-ring (bicyclic) bond motifs is 1. The molecule has 35 heavy (non-hydrogen) atoms. The molecule has 1 aromatic heterocycles. The molecule has 0 radical (unpaired) electrons. The Bertz CT molecular complexity index is 1290. The number of amides is 1. The van der Waals surface area contributed by atoms with Gasteiger partial charge in [-0.15, -0.1) is 0 Å². The van der Waals surface area contributed by atoms with E-state index < -0.39 is 0 Å². The second kappa shape index (κ2) is 11.7. The number of para-hydroxylation sites is 2. The lowest BCUT2D eigenvalue weighted by Gasteiger charge is -2.13. The molecule has 0 bridgehead atoms. The van der Waals surface area contributed by atoms with Crippen LogP contribution in [-0.2, 0) is 13.0 Å². The second-order valence-corrected chi connectivity index (χ2v) is 9.22. The molecule has 1 amide bonds. The zero-order valence-electron chi connectivity index (χ0n) is 21.0. The number of unbranched alkanes of at least 4 members (excludes halogenated alkanes) is 2. The first-order chi connectivity index (χ1) is 17.0. The first-order valence-electron chi connectivity index (χ1n) is 12.5. The summed E-state index contributed by atoms with van der Waals surface area (Å²) in [5, 5.41) is 3.03. The third-order valence-corrected chi connectivity index (χ3v) is 6.29. The molecule has 182 valence electrons. The van der Waals surface area contributed by atoms with E-state index in [0.29, 0.717) is 13.2 Å². The highest BCUT2D eigenvalue weighted by Gasteiger charge is 2.11. The Balaban J connectivity index is 1.29. The van der Waals surface area contributed by atoms with E-state index in [1.807, 2.05) is 37.3 Å². The molecule has 1 N–H and O–H groups in total. The summed E-state index contributed by atoms with van der Waals surface area (Å²) in [6, 6.07) is 22.3. The summed E-state index contributed by atoms with van der Waals surface area (Å²) in [6.07, 6.45) is 3.93. The number of hydrogen-bond acceptors (Lipinski definition) is 3. The van der Waals surface area contributed by atoms with Crippen LogP contribution in [0.2, 0.25) is 0 Å². The van der Waals surface area contributed by atoms with Gasteiger partial charge < -0.3 is 14.6 Å².